The molecule has 2 heterocycles. The lowest BCUT2D eigenvalue weighted by molar-refractivity contribution is -0.120. The summed E-state index contributed by atoms with van der Waals surface area (Å²) in [5, 5.41) is 10.6. The second kappa shape index (κ2) is 8.76. The zero-order valence-corrected chi connectivity index (χ0v) is 17.0. The van der Waals surface area contributed by atoms with Crippen LogP contribution in [0.1, 0.15) is 34.3 Å². The number of hydrogen-bond donors (Lipinski definition) is 2. The molecule has 0 saturated carbocycles. The summed E-state index contributed by atoms with van der Waals surface area (Å²) in [6, 6.07) is 16.3. The van der Waals surface area contributed by atoms with Gasteiger partial charge >= 0.3 is 0 Å². The quantitative estimate of drug-likeness (QED) is 0.540. The predicted octanol–water partition coefficient (Wildman–Crippen LogP) is 5.13. The van der Waals surface area contributed by atoms with Gasteiger partial charge in [0.25, 0.3) is 0 Å². The smallest absolute Gasteiger partial charge is 0.234 e. The van der Waals surface area contributed by atoms with Crippen LogP contribution in [0.4, 0.5) is 0 Å². The van der Waals surface area contributed by atoms with Gasteiger partial charge in [-0.1, -0.05) is 40.2 Å². The molecule has 1 atom stereocenters. The van der Waals surface area contributed by atoms with Crippen LogP contribution in [0.15, 0.2) is 63.8 Å². The van der Waals surface area contributed by atoms with Crippen LogP contribution in [0.25, 0.3) is 0 Å². The third-order valence-corrected chi connectivity index (χ3v) is 6.27. The fourth-order valence-corrected chi connectivity index (χ4v) is 4.55. The van der Waals surface area contributed by atoms with Gasteiger partial charge in [-0.3, -0.25) is 10.1 Å². The molecule has 0 radical (unpaired) electrons. The Morgan fingerprint density at radius 1 is 1.04 bits per heavy atom. The van der Waals surface area contributed by atoms with Crippen molar-refractivity contribution in [3.8, 4) is 0 Å². The van der Waals surface area contributed by atoms with E-state index in [1.165, 1.54) is 9.75 Å². The molecule has 0 aliphatic heterocycles. The average Bonchev–Trinajstić information content (AvgIpc) is 3.29. The second-order valence-corrected chi connectivity index (χ2v) is 8.56. The summed E-state index contributed by atoms with van der Waals surface area (Å²) in [5.74, 6) is -0.00599. The lowest BCUT2D eigenvalue weighted by Crippen LogP contribution is -2.37. The lowest BCUT2D eigenvalue weighted by atomic mass is 10.1. The zero-order valence-electron chi connectivity index (χ0n) is 13.7. The molecule has 0 bridgehead atoms. The fourth-order valence-electron chi connectivity index (χ4n) is 2.57. The van der Waals surface area contributed by atoms with Crippen molar-refractivity contribution in [3.05, 3.63) is 79.1 Å². The lowest BCUT2D eigenvalue weighted by Gasteiger charge is -2.18. The highest BCUT2D eigenvalue weighted by atomic mass is 79.9. The molecular formula is C19H19BrN2OS2. The summed E-state index contributed by atoms with van der Waals surface area (Å²) in [5.41, 5.74) is 1.09. The maximum absolute atomic E-state index is 12.4. The summed E-state index contributed by atoms with van der Waals surface area (Å²) in [7, 11) is 0. The molecule has 0 unspecified atom stereocenters. The maximum atomic E-state index is 12.4. The van der Waals surface area contributed by atoms with Crippen LogP contribution in [0, 0.1) is 0 Å². The minimum Gasteiger partial charge on any atom is -0.348 e. The van der Waals surface area contributed by atoms with Gasteiger partial charge in [-0.05, 0) is 47.5 Å². The van der Waals surface area contributed by atoms with Crippen LogP contribution >= 0.6 is 38.6 Å². The maximum Gasteiger partial charge on any atom is 0.234 e. The van der Waals surface area contributed by atoms with Crippen molar-refractivity contribution in [1.29, 1.82) is 0 Å². The van der Waals surface area contributed by atoms with Crippen molar-refractivity contribution in [1.82, 2.24) is 10.6 Å². The van der Waals surface area contributed by atoms with Crippen LogP contribution in [0.5, 0.6) is 0 Å². The molecule has 0 saturated heterocycles. The number of carbonyl (C=O) groups is 1. The Morgan fingerprint density at radius 3 is 2.16 bits per heavy atom. The SMILES string of the molecule is C[C@H](NC(=O)CNC(c1cccs1)c1cccs1)c1ccc(Br)cc1. The number of halogens is 1. The van der Waals surface area contributed by atoms with Crippen LogP contribution in [0.3, 0.4) is 0 Å². The largest absolute Gasteiger partial charge is 0.348 e. The van der Waals surface area contributed by atoms with Gasteiger partial charge < -0.3 is 5.32 Å². The molecular weight excluding hydrogens is 416 g/mol. The van der Waals surface area contributed by atoms with Crippen molar-refractivity contribution >= 4 is 44.5 Å². The third-order valence-electron chi connectivity index (χ3n) is 3.87. The summed E-state index contributed by atoms with van der Waals surface area (Å²) in [4.78, 5) is 14.8. The summed E-state index contributed by atoms with van der Waals surface area (Å²) in [6.45, 7) is 2.28. The standard InChI is InChI=1S/C19H19BrN2OS2/c1-13(14-6-8-15(20)9-7-14)22-18(23)12-21-19(16-4-2-10-24-16)17-5-3-11-25-17/h2-11,13,19,21H,12H2,1H3,(H,22,23)/t13-/m0/s1. The molecule has 1 aromatic carbocycles. The molecule has 2 N–H and O–H groups in total. The first-order chi connectivity index (χ1) is 12.1. The van der Waals surface area contributed by atoms with Crippen molar-refractivity contribution in [2.75, 3.05) is 6.54 Å². The van der Waals surface area contributed by atoms with Gasteiger partial charge in [0.2, 0.25) is 5.91 Å². The highest BCUT2D eigenvalue weighted by Crippen LogP contribution is 2.28. The van der Waals surface area contributed by atoms with Gasteiger partial charge in [-0.15, -0.1) is 22.7 Å². The molecule has 130 valence electrons. The van der Waals surface area contributed by atoms with E-state index in [2.05, 4.69) is 49.5 Å². The first kappa shape index (κ1) is 18.3. The fraction of sp³-hybridized carbons (Fsp3) is 0.211. The molecule has 0 spiro atoms. The molecule has 1 amide bonds. The number of thiophene rings is 2. The number of benzene rings is 1. The summed E-state index contributed by atoms with van der Waals surface area (Å²) in [6.07, 6.45) is 0. The summed E-state index contributed by atoms with van der Waals surface area (Å²) < 4.78 is 1.03. The Morgan fingerprint density at radius 2 is 1.64 bits per heavy atom. The van der Waals surface area contributed by atoms with E-state index in [-0.39, 0.29) is 24.5 Å². The minimum absolute atomic E-state index is 0.00599. The first-order valence-electron chi connectivity index (χ1n) is 7.98. The monoisotopic (exact) mass is 434 g/mol. The molecule has 3 aromatic rings. The van der Waals surface area contributed by atoms with Gasteiger partial charge in [0.1, 0.15) is 0 Å². The third kappa shape index (κ3) is 5.01. The number of carbonyl (C=O) groups excluding carboxylic acids is 1. The average molecular weight is 435 g/mol. The Labute approximate surface area is 164 Å². The van der Waals surface area contributed by atoms with E-state index in [4.69, 9.17) is 0 Å². The molecule has 2 aromatic heterocycles. The molecule has 6 heteroatoms. The number of hydrogen-bond acceptors (Lipinski definition) is 4. The first-order valence-corrected chi connectivity index (χ1v) is 10.5. The Balaban J connectivity index is 1.59. The van der Waals surface area contributed by atoms with Crippen LogP contribution < -0.4 is 10.6 Å². The van der Waals surface area contributed by atoms with Gasteiger partial charge in [0.15, 0.2) is 0 Å². The number of nitrogens with one attached hydrogen (secondary N) is 2. The Hall–Kier alpha value is -1.47. The number of amides is 1. The zero-order chi connectivity index (χ0) is 17.6. The van der Waals surface area contributed by atoms with Crippen molar-refractivity contribution in [3.63, 3.8) is 0 Å². The molecule has 0 aliphatic carbocycles. The van der Waals surface area contributed by atoms with E-state index in [0.717, 1.165) is 10.0 Å². The predicted molar refractivity (Wildman–Crippen MR) is 109 cm³/mol. The molecule has 3 nitrogen and oxygen atoms in total. The van der Waals surface area contributed by atoms with E-state index >= 15 is 0 Å². The number of rotatable bonds is 7. The highest BCUT2D eigenvalue weighted by Gasteiger charge is 2.17. The van der Waals surface area contributed by atoms with E-state index in [1.54, 1.807) is 22.7 Å². The van der Waals surface area contributed by atoms with Crippen LogP contribution in [-0.4, -0.2) is 12.5 Å². The molecule has 0 aliphatic rings. The molecule has 3 rings (SSSR count). The van der Waals surface area contributed by atoms with Crippen molar-refractivity contribution in [2.24, 2.45) is 0 Å². The van der Waals surface area contributed by atoms with Crippen LogP contribution in [-0.2, 0) is 4.79 Å². The minimum atomic E-state index is -0.0238. The topological polar surface area (TPSA) is 41.1 Å². The van der Waals surface area contributed by atoms with E-state index < -0.39 is 0 Å². The highest BCUT2D eigenvalue weighted by molar-refractivity contribution is 9.10. The van der Waals surface area contributed by atoms with Gasteiger partial charge in [-0.25, -0.2) is 0 Å². The molecule has 25 heavy (non-hydrogen) atoms. The second-order valence-electron chi connectivity index (χ2n) is 5.69. The van der Waals surface area contributed by atoms with Gasteiger partial charge in [-0.2, -0.15) is 0 Å². The van der Waals surface area contributed by atoms with Gasteiger partial charge in [0.05, 0.1) is 18.6 Å². The molecule has 0 fully saturated rings. The van der Waals surface area contributed by atoms with E-state index in [0.29, 0.717) is 0 Å². The van der Waals surface area contributed by atoms with Gasteiger partial charge in [0, 0.05) is 14.2 Å². The van der Waals surface area contributed by atoms with Crippen molar-refractivity contribution < 1.29 is 4.79 Å². The summed E-state index contributed by atoms with van der Waals surface area (Å²) >= 11 is 6.83. The Bertz CT molecular complexity index is 751. The van der Waals surface area contributed by atoms with E-state index in [1.807, 2.05) is 43.3 Å². The normalized spacial score (nSPS) is 12.3. The Kier molecular flexibility index (Phi) is 6.42. The van der Waals surface area contributed by atoms with Crippen molar-refractivity contribution in [2.45, 2.75) is 19.0 Å². The van der Waals surface area contributed by atoms with E-state index in [9.17, 15) is 4.79 Å². The van der Waals surface area contributed by atoms with Crippen LogP contribution in [0.2, 0.25) is 0 Å².